The van der Waals surface area contributed by atoms with Crippen molar-refractivity contribution in [2.24, 2.45) is 0 Å². The normalized spacial score (nSPS) is 11.6. The third-order valence-corrected chi connectivity index (χ3v) is 4.31. The first-order chi connectivity index (χ1) is 14.5. The predicted molar refractivity (Wildman–Crippen MR) is 103 cm³/mol. The van der Waals surface area contributed by atoms with Crippen LogP contribution in [0.4, 0.5) is 5.69 Å². The van der Waals surface area contributed by atoms with E-state index in [1.165, 1.54) is 23.1 Å². The largest absolute Gasteiger partial charge is 0.475 e. The Hall–Kier alpha value is -3.82. The maximum Gasteiger partial charge on any atom is 0.344 e. The first-order valence-electron chi connectivity index (χ1n) is 9.16. The van der Waals surface area contributed by atoms with Crippen LogP contribution >= 0.6 is 0 Å². The molecule has 1 amide bonds. The predicted octanol–water partition coefficient (Wildman–Crippen LogP) is 2.29. The highest BCUT2D eigenvalue weighted by molar-refractivity contribution is 5.81. The van der Waals surface area contributed by atoms with Crippen molar-refractivity contribution in [3.05, 3.63) is 58.1 Å². The van der Waals surface area contributed by atoms with Crippen LogP contribution in [0.5, 0.6) is 17.2 Å². The van der Waals surface area contributed by atoms with E-state index in [1.54, 1.807) is 18.2 Å². The Labute approximate surface area is 172 Å². The van der Waals surface area contributed by atoms with Crippen LogP contribution in [0.15, 0.2) is 42.5 Å². The summed E-state index contributed by atoms with van der Waals surface area (Å²) in [5.41, 5.74) is 0.586. The van der Waals surface area contributed by atoms with E-state index in [0.717, 1.165) is 5.56 Å². The number of nitrogens with zero attached hydrogens (tertiary/aromatic N) is 2. The highest BCUT2D eigenvalue weighted by Gasteiger charge is 2.19. The van der Waals surface area contributed by atoms with E-state index in [2.05, 4.69) is 0 Å². The minimum Gasteiger partial charge on any atom is -0.475 e. The van der Waals surface area contributed by atoms with E-state index in [9.17, 15) is 19.7 Å². The fourth-order valence-corrected chi connectivity index (χ4v) is 2.78. The van der Waals surface area contributed by atoms with Gasteiger partial charge in [0.2, 0.25) is 6.79 Å². The number of amides is 1. The Morgan fingerprint density at radius 1 is 1.13 bits per heavy atom. The highest BCUT2D eigenvalue weighted by Crippen LogP contribution is 2.32. The number of ether oxygens (including phenoxy) is 4. The van der Waals surface area contributed by atoms with Crippen molar-refractivity contribution in [3.8, 4) is 17.2 Å². The van der Waals surface area contributed by atoms with E-state index in [0.29, 0.717) is 24.6 Å². The molecule has 0 unspecified atom stereocenters. The molecule has 1 aliphatic heterocycles. The van der Waals surface area contributed by atoms with Crippen LogP contribution in [0.3, 0.4) is 0 Å². The molecule has 0 atom stereocenters. The zero-order valence-electron chi connectivity index (χ0n) is 16.2. The Balaban J connectivity index is 1.49. The van der Waals surface area contributed by atoms with Gasteiger partial charge in [-0.15, -0.1) is 0 Å². The Morgan fingerprint density at radius 3 is 2.67 bits per heavy atom. The minimum absolute atomic E-state index is 0.0521. The Morgan fingerprint density at radius 2 is 1.90 bits per heavy atom. The van der Waals surface area contributed by atoms with Gasteiger partial charge in [0.05, 0.1) is 4.92 Å². The average Bonchev–Trinajstić information content (AvgIpc) is 3.22. The first-order valence-corrected chi connectivity index (χ1v) is 9.16. The molecule has 0 spiro atoms. The molecule has 3 rings (SSSR count). The molecule has 158 valence electrons. The van der Waals surface area contributed by atoms with Gasteiger partial charge in [-0.25, -0.2) is 4.79 Å². The molecule has 30 heavy (non-hydrogen) atoms. The maximum atomic E-state index is 12.4. The molecule has 0 saturated carbocycles. The average molecular weight is 416 g/mol. The summed E-state index contributed by atoms with van der Waals surface area (Å²) in [6.45, 7) is 1.70. The molecule has 10 heteroatoms. The van der Waals surface area contributed by atoms with Crippen LogP contribution in [0, 0.1) is 10.1 Å². The lowest BCUT2D eigenvalue weighted by molar-refractivity contribution is -0.385. The molecule has 0 aromatic heterocycles. The summed E-state index contributed by atoms with van der Waals surface area (Å²) in [5, 5.41) is 10.9. The van der Waals surface area contributed by atoms with Gasteiger partial charge >= 0.3 is 11.7 Å². The summed E-state index contributed by atoms with van der Waals surface area (Å²) in [6, 6.07) is 11.1. The summed E-state index contributed by atoms with van der Waals surface area (Å²) in [7, 11) is 0. The fourth-order valence-electron chi connectivity index (χ4n) is 2.78. The van der Waals surface area contributed by atoms with Crippen molar-refractivity contribution >= 4 is 17.6 Å². The Kier molecular flexibility index (Phi) is 6.68. The third-order valence-electron chi connectivity index (χ3n) is 4.31. The maximum absolute atomic E-state index is 12.4. The zero-order valence-corrected chi connectivity index (χ0v) is 16.2. The van der Waals surface area contributed by atoms with Gasteiger partial charge in [0.15, 0.2) is 30.5 Å². The molecule has 2 aromatic rings. The lowest BCUT2D eigenvalue weighted by Crippen LogP contribution is -2.34. The number of carbonyl (C=O) groups excluding carboxylic acids is 2. The van der Waals surface area contributed by atoms with Crippen LogP contribution in [-0.2, 0) is 20.9 Å². The summed E-state index contributed by atoms with van der Waals surface area (Å²) in [6.07, 6.45) is 0. The number of fused-ring (bicyclic) bond motifs is 1. The molecule has 2 aromatic carbocycles. The number of likely N-dealkylation sites (N-methyl/N-ethyl adjacent to an activating group) is 1. The third kappa shape index (κ3) is 5.16. The van der Waals surface area contributed by atoms with Crippen LogP contribution in [0.2, 0.25) is 0 Å². The topological polar surface area (TPSA) is 117 Å². The number of hydrogen-bond donors (Lipinski definition) is 0. The molecule has 1 aliphatic rings. The van der Waals surface area contributed by atoms with Gasteiger partial charge in [-0.3, -0.25) is 14.9 Å². The molecule has 0 saturated heterocycles. The van der Waals surface area contributed by atoms with Gasteiger partial charge in [0.25, 0.3) is 5.91 Å². The lowest BCUT2D eigenvalue weighted by atomic mass is 10.2. The van der Waals surface area contributed by atoms with Crippen molar-refractivity contribution in [2.75, 3.05) is 26.6 Å². The summed E-state index contributed by atoms with van der Waals surface area (Å²) < 4.78 is 20.7. The number of rotatable bonds is 9. The summed E-state index contributed by atoms with van der Waals surface area (Å²) in [5.74, 6) is 0.0360. The van der Waals surface area contributed by atoms with Crippen molar-refractivity contribution < 1.29 is 33.5 Å². The summed E-state index contributed by atoms with van der Waals surface area (Å²) >= 11 is 0. The second kappa shape index (κ2) is 9.59. The zero-order chi connectivity index (χ0) is 21.5. The molecule has 1 heterocycles. The van der Waals surface area contributed by atoms with E-state index in [1.807, 2.05) is 13.0 Å². The molecule has 0 bridgehead atoms. The smallest absolute Gasteiger partial charge is 0.344 e. The van der Waals surface area contributed by atoms with Crippen LogP contribution in [0.1, 0.15) is 12.5 Å². The fraction of sp³-hybridized carbons (Fsp3) is 0.300. The quantitative estimate of drug-likeness (QED) is 0.347. The lowest BCUT2D eigenvalue weighted by Gasteiger charge is -2.21. The van der Waals surface area contributed by atoms with Crippen molar-refractivity contribution in [1.29, 1.82) is 0 Å². The second-order valence-electron chi connectivity index (χ2n) is 6.27. The van der Waals surface area contributed by atoms with E-state index in [-0.39, 0.29) is 24.1 Å². The number of hydrogen-bond acceptors (Lipinski definition) is 8. The molecule has 0 aliphatic carbocycles. The van der Waals surface area contributed by atoms with Gasteiger partial charge in [-0.2, -0.15) is 0 Å². The molecule has 0 N–H and O–H groups in total. The Bertz CT molecular complexity index is 946. The van der Waals surface area contributed by atoms with Crippen molar-refractivity contribution in [2.45, 2.75) is 13.5 Å². The molecule has 0 radical (unpaired) electrons. The van der Waals surface area contributed by atoms with Gasteiger partial charge in [-0.1, -0.05) is 18.2 Å². The number of esters is 1. The number of nitro groups is 1. The van der Waals surface area contributed by atoms with Gasteiger partial charge in [0, 0.05) is 19.2 Å². The number of para-hydroxylation sites is 2. The van der Waals surface area contributed by atoms with Crippen molar-refractivity contribution in [1.82, 2.24) is 4.90 Å². The SMILES string of the molecule is CCN(Cc1ccc2c(c1)OCO2)C(=O)COC(=O)COc1ccccc1[N+](=O)[O-]. The standard InChI is InChI=1S/C20H20N2O8/c1-2-21(10-14-7-8-17-18(9-14)30-13-29-17)19(23)11-28-20(24)12-27-16-6-4-3-5-15(16)22(25)26/h3-9H,2,10-13H2,1H3. The highest BCUT2D eigenvalue weighted by atomic mass is 16.7. The van der Waals surface area contributed by atoms with Crippen LogP contribution in [-0.4, -0.2) is 48.3 Å². The van der Waals surface area contributed by atoms with Gasteiger partial charge in [-0.05, 0) is 30.7 Å². The first kappa shape index (κ1) is 20.9. The molecule has 10 nitrogen and oxygen atoms in total. The van der Waals surface area contributed by atoms with E-state index >= 15 is 0 Å². The van der Waals surface area contributed by atoms with Crippen LogP contribution in [0.25, 0.3) is 0 Å². The molecule has 0 fully saturated rings. The molecular weight excluding hydrogens is 396 g/mol. The van der Waals surface area contributed by atoms with Gasteiger partial charge in [0.1, 0.15) is 0 Å². The summed E-state index contributed by atoms with van der Waals surface area (Å²) in [4.78, 5) is 36.1. The van der Waals surface area contributed by atoms with Gasteiger partial charge < -0.3 is 23.8 Å². The molecular formula is C20H20N2O8. The van der Waals surface area contributed by atoms with Crippen molar-refractivity contribution in [3.63, 3.8) is 0 Å². The second-order valence-corrected chi connectivity index (χ2v) is 6.27. The van der Waals surface area contributed by atoms with Crippen LogP contribution < -0.4 is 14.2 Å². The number of benzene rings is 2. The minimum atomic E-state index is -0.805. The number of nitro benzene ring substituents is 1. The number of carbonyl (C=O) groups is 2. The van der Waals surface area contributed by atoms with E-state index in [4.69, 9.17) is 18.9 Å². The monoisotopic (exact) mass is 416 g/mol. The van der Waals surface area contributed by atoms with E-state index < -0.39 is 24.1 Å².